The lowest BCUT2D eigenvalue weighted by Crippen LogP contribution is -2.56. The molecule has 1 aliphatic rings. The van der Waals surface area contributed by atoms with Crippen LogP contribution in [-0.4, -0.2) is 39.4 Å². The Hall–Kier alpha value is -3.55. The minimum Gasteiger partial charge on any atom is -0.348 e. The fourth-order valence-corrected chi connectivity index (χ4v) is 3.79. The minimum atomic E-state index is -0.573. The molecule has 0 spiro atoms. The van der Waals surface area contributed by atoms with Gasteiger partial charge < -0.3 is 10.2 Å². The molecule has 0 atom stereocenters. The zero-order valence-electron chi connectivity index (χ0n) is 17.4. The second-order valence-electron chi connectivity index (χ2n) is 8.59. The van der Waals surface area contributed by atoms with Crippen molar-refractivity contribution in [1.29, 1.82) is 0 Å². The zero-order valence-corrected chi connectivity index (χ0v) is 17.4. The van der Waals surface area contributed by atoms with E-state index in [4.69, 9.17) is 0 Å². The molecule has 1 N–H and O–H groups in total. The van der Waals surface area contributed by atoms with Gasteiger partial charge in [0.05, 0.1) is 0 Å². The molecule has 8 heteroatoms. The third-order valence-corrected chi connectivity index (χ3v) is 5.34. The number of carbonyl (C=O) groups is 2. The van der Waals surface area contributed by atoms with Crippen molar-refractivity contribution in [1.82, 2.24) is 19.8 Å². The summed E-state index contributed by atoms with van der Waals surface area (Å²) >= 11 is 0. The molecule has 3 aromatic rings. The monoisotopic (exact) mass is 422 g/mol. The van der Waals surface area contributed by atoms with Gasteiger partial charge in [0.25, 0.3) is 11.5 Å². The fraction of sp³-hybridized carbons (Fsp3) is 0.304. The fourth-order valence-electron chi connectivity index (χ4n) is 3.79. The van der Waals surface area contributed by atoms with Crippen LogP contribution in [0.3, 0.4) is 0 Å². The van der Waals surface area contributed by atoms with Crippen LogP contribution in [-0.2, 0) is 17.9 Å². The number of hydrogen-bond acceptors (Lipinski definition) is 4. The van der Waals surface area contributed by atoms with E-state index >= 15 is 0 Å². The van der Waals surface area contributed by atoms with Crippen LogP contribution < -0.4 is 10.9 Å². The number of nitrogens with zero attached hydrogens (tertiary/aromatic N) is 3. The average Bonchev–Trinajstić information content (AvgIpc) is 2.73. The second-order valence-corrected chi connectivity index (χ2v) is 8.59. The van der Waals surface area contributed by atoms with E-state index in [1.54, 1.807) is 35.4 Å². The zero-order chi connectivity index (χ0) is 22.2. The number of benzene rings is 1. The predicted octanol–water partition coefficient (Wildman–Crippen LogP) is 2.33. The van der Waals surface area contributed by atoms with Gasteiger partial charge in [-0.2, -0.15) is 0 Å². The summed E-state index contributed by atoms with van der Waals surface area (Å²) in [5.41, 5.74) is 0.488. The van der Waals surface area contributed by atoms with E-state index in [2.05, 4.69) is 24.1 Å². The Labute approximate surface area is 178 Å². The maximum absolute atomic E-state index is 13.1. The molecule has 4 rings (SSSR count). The first-order valence-corrected chi connectivity index (χ1v) is 10.0. The number of aromatic nitrogens is 2. The lowest BCUT2D eigenvalue weighted by Gasteiger charge is -2.45. The quantitative estimate of drug-likeness (QED) is 0.684. The van der Waals surface area contributed by atoms with E-state index in [1.807, 2.05) is 0 Å². The number of halogens is 1. The molecule has 160 valence electrons. The smallest absolute Gasteiger partial charge is 0.265 e. The predicted molar refractivity (Wildman–Crippen MR) is 114 cm³/mol. The van der Waals surface area contributed by atoms with Crippen molar-refractivity contribution in [2.45, 2.75) is 26.9 Å². The van der Waals surface area contributed by atoms with Gasteiger partial charge in [-0.25, -0.2) is 9.37 Å². The van der Waals surface area contributed by atoms with Gasteiger partial charge in [-0.05, 0) is 41.3 Å². The van der Waals surface area contributed by atoms with Crippen LogP contribution in [0.1, 0.15) is 29.8 Å². The molecular formula is C23H23FN4O3. The van der Waals surface area contributed by atoms with Gasteiger partial charge in [-0.15, -0.1) is 0 Å². The van der Waals surface area contributed by atoms with Crippen LogP contribution >= 0.6 is 0 Å². The topological polar surface area (TPSA) is 84.3 Å². The number of likely N-dealkylation sites (tertiary alicyclic amines) is 1. The minimum absolute atomic E-state index is 0.0700. The van der Waals surface area contributed by atoms with Gasteiger partial charge in [0.15, 0.2) is 0 Å². The summed E-state index contributed by atoms with van der Waals surface area (Å²) in [5.74, 6) is -1.11. The standard InChI is InChI=1S/C23H23FN4O3/c1-23(2)13-27(14-23)19(29)12-28-20-16(4-3-9-25-20)10-18(22(28)31)21(30)26-11-15-5-7-17(24)8-6-15/h3-10H,11-14H2,1-2H3,(H,26,30). The summed E-state index contributed by atoms with van der Waals surface area (Å²) < 4.78 is 14.3. The highest BCUT2D eigenvalue weighted by Crippen LogP contribution is 2.28. The average molecular weight is 422 g/mol. The highest BCUT2D eigenvalue weighted by atomic mass is 19.1. The SMILES string of the molecule is CC1(C)CN(C(=O)Cn2c(=O)c(C(=O)NCc3ccc(F)cc3)cc3cccnc32)C1. The summed E-state index contributed by atoms with van der Waals surface area (Å²) in [6.45, 7) is 5.37. The van der Waals surface area contributed by atoms with Crippen LogP contribution in [0.25, 0.3) is 11.0 Å². The Bertz CT molecular complexity index is 1210. The van der Waals surface area contributed by atoms with Crippen LogP contribution in [0.2, 0.25) is 0 Å². The van der Waals surface area contributed by atoms with E-state index in [1.165, 1.54) is 22.8 Å². The number of hydrogen-bond donors (Lipinski definition) is 1. The molecule has 2 amide bonds. The third kappa shape index (κ3) is 4.33. The Morgan fingerprint density at radius 2 is 1.87 bits per heavy atom. The first kappa shape index (κ1) is 20.7. The summed E-state index contributed by atoms with van der Waals surface area (Å²) in [6, 6.07) is 10.7. The van der Waals surface area contributed by atoms with Crippen molar-refractivity contribution >= 4 is 22.8 Å². The first-order chi connectivity index (χ1) is 14.7. The van der Waals surface area contributed by atoms with Crippen molar-refractivity contribution in [3.05, 3.63) is 76.0 Å². The highest BCUT2D eigenvalue weighted by molar-refractivity contribution is 5.97. The maximum Gasteiger partial charge on any atom is 0.265 e. The molecule has 0 aliphatic carbocycles. The molecule has 0 radical (unpaired) electrons. The summed E-state index contributed by atoms with van der Waals surface area (Å²) in [7, 11) is 0. The number of rotatable bonds is 5. The molecule has 3 heterocycles. The van der Waals surface area contributed by atoms with Gasteiger partial charge >= 0.3 is 0 Å². The number of pyridine rings is 2. The van der Waals surface area contributed by atoms with Crippen molar-refractivity contribution in [3.63, 3.8) is 0 Å². The first-order valence-electron chi connectivity index (χ1n) is 10.0. The van der Waals surface area contributed by atoms with Crippen LogP contribution in [0, 0.1) is 11.2 Å². The van der Waals surface area contributed by atoms with Gasteiger partial charge in [0, 0.05) is 31.2 Å². The molecule has 0 unspecified atom stereocenters. The second kappa shape index (κ2) is 7.94. The molecule has 1 aliphatic heterocycles. The van der Waals surface area contributed by atoms with Crippen molar-refractivity contribution < 1.29 is 14.0 Å². The van der Waals surface area contributed by atoms with Crippen LogP contribution in [0.15, 0.2) is 53.5 Å². The van der Waals surface area contributed by atoms with E-state index < -0.39 is 11.5 Å². The molecule has 7 nitrogen and oxygen atoms in total. The van der Waals surface area contributed by atoms with Crippen molar-refractivity contribution in [2.24, 2.45) is 5.41 Å². The Balaban J connectivity index is 1.61. The number of fused-ring (bicyclic) bond motifs is 1. The molecule has 1 aromatic carbocycles. The molecule has 2 aromatic heterocycles. The molecule has 0 saturated carbocycles. The van der Waals surface area contributed by atoms with Crippen LogP contribution in [0.5, 0.6) is 0 Å². The van der Waals surface area contributed by atoms with Gasteiger partial charge in [0.1, 0.15) is 23.6 Å². The van der Waals surface area contributed by atoms with E-state index in [9.17, 15) is 18.8 Å². The molecular weight excluding hydrogens is 399 g/mol. The number of nitrogens with one attached hydrogen (secondary N) is 1. The lowest BCUT2D eigenvalue weighted by molar-refractivity contribution is -0.142. The summed E-state index contributed by atoms with van der Waals surface area (Å²) in [5, 5.41) is 3.27. The molecule has 31 heavy (non-hydrogen) atoms. The summed E-state index contributed by atoms with van der Waals surface area (Å²) in [6.07, 6.45) is 1.55. The number of carbonyl (C=O) groups excluding carboxylic acids is 2. The normalized spacial score (nSPS) is 14.9. The third-order valence-electron chi connectivity index (χ3n) is 5.34. The Kier molecular flexibility index (Phi) is 5.31. The highest BCUT2D eigenvalue weighted by Gasteiger charge is 2.37. The van der Waals surface area contributed by atoms with E-state index in [-0.39, 0.29) is 35.8 Å². The van der Waals surface area contributed by atoms with E-state index in [0.29, 0.717) is 29.7 Å². The van der Waals surface area contributed by atoms with E-state index in [0.717, 1.165) is 0 Å². The van der Waals surface area contributed by atoms with Gasteiger partial charge in [-0.1, -0.05) is 26.0 Å². The Morgan fingerprint density at radius 3 is 2.55 bits per heavy atom. The van der Waals surface area contributed by atoms with Crippen molar-refractivity contribution in [2.75, 3.05) is 13.1 Å². The molecule has 0 bridgehead atoms. The Morgan fingerprint density at radius 1 is 1.16 bits per heavy atom. The molecule has 1 saturated heterocycles. The summed E-state index contributed by atoms with van der Waals surface area (Å²) in [4.78, 5) is 44.5. The largest absolute Gasteiger partial charge is 0.348 e. The van der Waals surface area contributed by atoms with Gasteiger partial charge in [-0.3, -0.25) is 19.0 Å². The maximum atomic E-state index is 13.1. The van der Waals surface area contributed by atoms with Crippen LogP contribution in [0.4, 0.5) is 4.39 Å². The van der Waals surface area contributed by atoms with Gasteiger partial charge in [0.2, 0.25) is 5.91 Å². The lowest BCUT2D eigenvalue weighted by atomic mass is 9.84. The molecule has 1 fully saturated rings. The van der Waals surface area contributed by atoms with Crippen molar-refractivity contribution in [3.8, 4) is 0 Å². The number of amides is 2.